The van der Waals surface area contributed by atoms with Crippen molar-refractivity contribution in [2.75, 3.05) is 0 Å². The predicted octanol–water partition coefficient (Wildman–Crippen LogP) is 6.06. The summed E-state index contributed by atoms with van der Waals surface area (Å²) in [4.78, 5) is 0. The third kappa shape index (κ3) is 3.89. The van der Waals surface area contributed by atoms with Gasteiger partial charge in [0.2, 0.25) is 0 Å². The van der Waals surface area contributed by atoms with E-state index in [-0.39, 0.29) is 12.1 Å². The summed E-state index contributed by atoms with van der Waals surface area (Å²) < 4.78 is 0. The maximum atomic E-state index is 6.06. The molecule has 1 unspecified atom stereocenters. The molecule has 4 heteroatoms. The molecule has 0 spiro atoms. The molecule has 0 aliphatic rings. The Bertz CT molecular complexity index is 598. The fourth-order valence-electron chi connectivity index (χ4n) is 2.13. The second-order valence-electron chi connectivity index (χ2n) is 4.84. The Hall–Kier alpha value is -0.730. The highest BCUT2D eigenvalue weighted by molar-refractivity contribution is 6.42. The van der Waals surface area contributed by atoms with Crippen molar-refractivity contribution in [3.63, 3.8) is 0 Å². The van der Waals surface area contributed by atoms with Crippen LogP contribution in [0.3, 0.4) is 0 Å². The van der Waals surface area contributed by atoms with Crippen molar-refractivity contribution in [3.8, 4) is 0 Å². The molecule has 0 heterocycles. The van der Waals surface area contributed by atoms with Gasteiger partial charge >= 0.3 is 0 Å². The zero-order valence-electron chi connectivity index (χ0n) is 11.3. The Morgan fingerprint density at radius 1 is 0.800 bits per heavy atom. The number of halogens is 3. The summed E-state index contributed by atoms with van der Waals surface area (Å²) in [6.45, 7) is 4.21. The molecule has 2 rings (SSSR count). The lowest BCUT2D eigenvalue weighted by Gasteiger charge is -2.21. The number of rotatable bonds is 4. The van der Waals surface area contributed by atoms with Gasteiger partial charge in [0, 0.05) is 17.1 Å². The van der Waals surface area contributed by atoms with Gasteiger partial charge in [-0.2, -0.15) is 0 Å². The summed E-state index contributed by atoms with van der Waals surface area (Å²) in [6.07, 6.45) is 0. The van der Waals surface area contributed by atoms with E-state index >= 15 is 0 Å². The van der Waals surface area contributed by atoms with Crippen LogP contribution in [0, 0.1) is 0 Å². The zero-order valence-corrected chi connectivity index (χ0v) is 13.6. The molecule has 20 heavy (non-hydrogen) atoms. The fourth-order valence-corrected chi connectivity index (χ4v) is 2.63. The Labute approximate surface area is 134 Å². The molecule has 0 fully saturated rings. The van der Waals surface area contributed by atoms with Gasteiger partial charge in [0.15, 0.2) is 0 Å². The summed E-state index contributed by atoms with van der Waals surface area (Å²) in [5.74, 6) is 0. The van der Waals surface area contributed by atoms with Gasteiger partial charge in [-0.05, 0) is 49.2 Å². The fraction of sp³-hybridized carbons (Fsp3) is 0.250. The molecule has 2 atom stereocenters. The number of nitrogens with one attached hydrogen (secondary N) is 1. The van der Waals surface area contributed by atoms with Gasteiger partial charge in [0.25, 0.3) is 0 Å². The molecular formula is C16H16Cl3N. The highest BCUT2D eigenvalue weighted by Gasteiger charge is 2.12. The molecule has 0 bridgehead atoms. The van der Waals surface area contributed by atoms with Crippen LogP contribution in [0.4, 0.5) is 0 Å². The minimum absolute atomic E-state index is 0.166. The van der Waals surface area contributed by atoms with Crippen LogP contribution < -0.4 is 5.32 Å². The molecule has 1 nitrogen and oxygen atoms in total. The van der Waals surface area contributed by atoms with Crippen LogP contribution in [-0.4, -0.2) is 0 Å². The van der Waals surface area contributed by atoms with Crippen LogP contribution in [0.25, 0.3) is 0 Å². The first-order chi connectivity index (χ1) is 9.47. The van der Waals surface area contributed by atoms with E-state index < -0.39 is 0 Å². The van der Waals surface area contributed by atoms with Crippen molar-refractivity contribution in [2.24, 2.45) is 0 Å². The molecule has 2 aromatic rings. The average Bonchev–Trinajstić information content (AvgIpc) is 2.41. The van der Waals surface area contributed by atoms with Crippen LogP contribution in [-0.2, 0) is 0 Å². The lowest BCUT2D eigenvalue weighted by atomic mass is 10.0. The monoisotopic (exact) mass is 327 g/mol. The molecule has 1 N–H and O–H groups in total. The summed E-state index contributed by atoms with van der Waals surface area (Å²) in [5, 5.41) is 5.43. The topological polar surface area (TPSA) is 12.0 Å². The van der Waals surface area contributed by atoms with E-state index in [9.17, 15) is 0 Å². The van der Waals surface area contributed by atoms with Crippen molar-refractivity contribution in [1.82, 2.24) is 5.32 Å². The van der Waals surface area contributed by atoms with E-state index in [0.29, 0.717) is 10.0 Å². The molecule has 0 radical (unpaired) electrons. The van der Waals surface area contributed by atoms with Gasteiger partial charge in [-0.25, -0.2) is 0 Å². The third-order valence-electron chi connectivity index (χ3n) is 3.29. The minimum atomic E-state index is 0.166. The first-order valence-corrected chi connectivity index (χ1v) is 7.57. The summed E-state index contributed by atoms with van der Waals surface area (Å²) in [7, 11) is 0. The maximum Gasteiger partial charge on any atom is 0.0595 e. The number of benzene rings is 2. The first-order valence-electron chi connectivity index (χ1n) is 6.44. The van der Waals surface area contributed by atoms with Crippen molar-refractivity contribution in [3.05, 3.63) is 68.7 Å². The van der Waals surface area contributed by atoms with E-state index in [4.69, 9.17) is 34.8 Å². The van der Waals surface area contributed by atoms with Gasteiger partial charge in [-0.1, -0.05) is 53.0 Å². The largest absolute Gasteiger partial charge is 0.304 e. The maximum absolute atomic E-state index is 6.06. The molecular weight excluding hydrogens is 313 g/mol. The molecule has 106 valence electrons. The number of hydrogen-bond acceptors (Lipinski definition) is 1. The summed E-state index contributed by atoms with van der Waals surface area (Å²) >= 11 is 18.0. The van der Waals surface area contributed by atoms with Gasteiger partial charge in [0.1, 0.15) is 0 Å². The normalized spacial score (nSPS) is 14.1. The minimum Gasteiger partial charge on any atom is -0.304 e. The quantitative estimate of drug-likeness (QED) is 0.719. The Morgan fingerprint density at radius 2 is 1.45 bits per heavy atom. The van der Waals surface area contributed by atoms with E-state index in [2.05, 4.69) is 25.2 Å². The lowest BCUT2D eigenvalue weighted by Crippen LogP contribution is -2.22. The van der Waals surface area contributed by atoms with Gasteiger partial charge in [-0.3, -0.25) is 0 Å². The smallest absolute Gasteiger partial charge is 0.0595 e. The summed E-state index contributed by atoms with van der Waals surface area (Å²) in [5.41, 5.74) is 2.26. The van der Waals surface area contributed by atoms with E-state index in [1.807, 2.05) is 36.4 Å². The molecule has 0 aliphatic heterocycles. The Morgan fingerprint density at radius 3 is 2.05 bits per heavy atom. The Balaban J connectivity index is 2.10. The zero-order chi connectivity index (χ0) is 14.7. The van der Waals surface area contributed by atoms with Crippen LogP contribution in [0.1, 0.15) is 37.1 Å². The molecule has 0 amide bonds. The molecule has 0 aromatic heterocycles. The number of hydrogen-bond donors (Lipinski definition) is 1. The van der Waals surface area contributed by atoms with Crippen LogP contribution >= 0.6 is 34.8 Å². The highest BCUT2D eigenvalue weighted by atomic mass is 35.5. The van der Waals surface area contributed by atoms with Crippen molar-refractivity contribution in [2.45, 2.75) is 25.9 Å². The van der Waals surface area contributed by atoms with Crippen molar-refractivity contribution in [1.29, 1.82) is 0 Å². The average molecular weight is 329 g/mol. The molecule has 0 saturated heterocycles. The molecule has 2 aromatic carbocycles. The predicted molar refractivity (Wildman–Crippen MR) is 87.9 cm³/mol. The summed E-state index contributed by atoms with van der Waals surface area (Å²) in [6, 6.07) is 13.9. The standard InChI is InChI=1S/C16H16Cl3N/c1-10(12-4-3-5-14(17)8-12)20-11(2)13-6-7-15(18)16(19)9-13/h3-11,20H,1-2H3/t10-,11?/m0/s1. The van der Waals surface area contributed by atoms with Gasteiger partial charge in [0.05, 0.1) is 10.0 Å². The van der Waals surface area contributed by atoms with E-state index in [1.165, 1.54) is 0 Å². The second-order valence-corrected chi connectivity index (χ2v) is 6.09. The van der Waals surface area contributed by atoms with Crippen LogP contribution in [0.15, 0.2) is 42.5 Å². The highest BCUT2D eigenvalue weighted by Crippen LogP contribution is 2.27. The molecule has 0 aliphatic carbocycles. The van der Waals surface area contributed by atoms with Crippen molar-refractivity contribution >= 4 is 34.8 Å². The Kier molecular flexibility index (Phi) is 5.34. The second kappa shape index (κ2) is 6.82. The lowest BCUT2D eigenvalue weighted by molar-refractivity contribution is 0.495. The third-order valence-corrected chi connectivity index (χ3v) is 4.27. The van der Waals surface area contributed by atoms with E-state index in [1.54, 1.807) is 0 Å². The SMILES string of the molecule is CC(N[C@@H](C)c1cccc(Cl)c1)c1ccc(Cl)c(Cl)c1. The molecule has 0 saturated carbocycles. The van der Waals surface area contributed by atoms with Crippen molar-refractivity contribution < 1.29 is 0 Å². The van der Waals surface area contributed by atoms with Crippen LogP contribution in [0.2, 0.25) is 15.1 Å². The van der Waals surface area contributed by atoms with E-state index in [0.717, 1.165) is 16.1 Å². The van der Waals surface area contributed by atoms with Gasteiger partial charge < -0.3 is 5.32 Å². The first kappa shape index (κ1) is 15.7. The van der Waals surface area contributed by atoms with Crippen LogP contribution in [0.5, 0.6) is 0 Å². The van der Waals surface area contributed by atoms with Gasteiger partial charge in [-0.15, -0.1) is 0 Å².